The molecule has 0 fully saturated rings. The Bertz CT molecular complexity index is 626. The van der Waals surface area contributed by atoms with Crippen LogP contribution in [0.5, 0.6) is 0 Å². The van der Waals surface area contributed by atoms with Gasteiger partial charge in [0.2, 0.25) is 0 Å². The van der Waals surface area contributed by atoms with E-state index in [1.807, 2.05) is 12.1 Å². The van der Waals surface area contributed by atoms with Crippen LogP contribution in [0.15, 0.2) is 72.8 Å². The molecule has 1 nitrogen and oxygen atoms in total. The highest BCUT2D eigenvalue weighted by atomic mass is 35.6. The number of allylic oxidation sites excluding steroid dienone is 2. The summed E-state index contributed by atoms with van der Waals surface area (Å²) in [5.74, 6) is 0. The molecule has 3 atom stereocenters. The zero-order chi connectivity index (χ0) is 16.5. The molecule has 0 aliphatic carbocycles. The minimum absolute atomic E-state index is 0.162. The lowest BCUT2D eigenvalue weighted by Gasteiger charge is -2.38. The predicted molar refractivity (Wildman–Crippen MR) is 100.0 cm³/mol. The molecule has 0 N–H and O–H groups in total. The topological polar surface area (TPSA) is 9.23 Å². The third kappa shape index (κ3) is 3.45. The van der Waals surface area contributed by atoms with E-state index in [4.69, 9.17) is 15.5 Å². The molecule has 0 radical (unpaired) electrons. The van der Waals surface area contributed by atoms with Crippen molar-refractivity contribution < 1.29 is 4.43 Å². The highest BCUT2D eigenvalue weighted by molar-refractivity contribution is 7.18. The summed E-state index contributed by atoms with van der Waals surface area (Å²) in [6.07, 6.45) is 4.50. The van der Waals surface area contributed by atoms with Crippen molar-refractivity contribution in [3.05, 3.63) is 83.9 Å². The monoisotopic (exact) mass is 342 g/mol. The molecule has 3 heteroatoms. The van der Waals surface area contributed by atoms with Gasteiger partial charge in [0.15, 0.2) is 0 Å². The quantitative estimate of drug-likeness (QED) is 0.395. The van der Waals surface area contributed by atoms with E-state index < -0.39 is 7.63 Å². The molecule has 2 aromatic carbocycles. The number of benzene rings is 2. The van der Waals surface area contributed by atoms with Crippen molar-refractivity contribution >= 4 is 18.7 Å². The Kier molecular flexibility index (Phi) is 4.50. The first-order valence-electron chi connectivity index (χ1n) is 8.07. The average Bonchev–Trinajstić information content (AvgIpc) is 2.83. The molecule has 0 spiro atoms. The van der Waals surface area contributed by atoms with Crippen LogP contribution in [0.25, 0.3) is 0 Å². The van der Waals surface area contributed by atoms with Crippen molar-refractivity contribution in [1.29, 1.82) is 0 Å². The molecule has 120 valence electrons. The molecule has 1 aliphatic rings. The molecule has 0 amide bonds. The van der Waals surface area contributed by atoms with Gasteiger partial charge in [-0.15, -0.1) is 11.1 Å². The predicted octanol–water partition coefficient (Wildman–Crippen LogP) is 5.70. The third-order valence-electron chi connectivity index (χ3n) is 4.12. The number of rotatable bonds is 3. The van der Waals surface area contributed by atoms with Crippen LogP contribution in [0.2, 0.25) is 0 Å². The van der Waals surface area contributed by atoms with Crippen LogP contribution in [0.4, 0.5) is 0 Å². The first kappa shape index (κ1) is 16.5. The fourth-order valence-corrected chi connectivity index (χ4v) is 8.78. The van der Waals surface area contributed by atoms with Crippen LogP contribution >= 0.6 is 11.1 Å². The number of halogens is 1. The second-order valence-electron chi connectivity index (χ2n) is 7.07. The summed E-state index contributed by atoms with van der Waals surface area (Å²) in [5.41, 5.74) is 2.55. The number of hydrogen-bond acceptors (Lipinski definition) is 1. The van der Waals surface area contributed by atoms with Crippen LogP contribution < -0.4 is 0 Å². The molecule has 1 heterocycles. The maximum atomic E-state index is 7.31. The molecule has 3 rings (SSSR count). The molecular weight excluding hydrogens is 320 g/mol. The SMILES string of the molecule is CC(C)(C)O[Si]1(Cl)[C@@H](c2ccccc2)C=C[C@H]1c1ccccc1. The summed E-state index contributed by atoms with van der Waals surface area (Å²) >= 11 is 7.31. The van der Waals surface area contributed by atoms with Crippen molar-refractivity contribution in [3.8, 4) is 0 Å². The zero-order valence-electron chi connectivity index (χ0n) is 13.9. The van der Waals surface area contributed by atoms with Crippen LogP contribution in [0.1, 0.15) is 43.0 Å². The molecular formula is C20H23ClOSi. The smallest absolute Gasteiger partial charge is 0.312 e. The molecule has 1 aliphatic heterocycles. The summed E-state index contributed by atoms with van der Waals surface area (Å²) in [4.78, 5) is 0. The average molecular weight is 343 g/mol. The van der Waals surface area contributed by atoms with Crippen LogP contribution in [-0.4, -0.2) is 13.2 Å². The van der Waals surface area contributed by atoms with Gasteiger partial charge in [-0.05, 0) is 31.9 Å². The summed E-state index contributed by atoms with van der Waals surface area (Å²) in [5, 5.41) is 0. The molecule has 2 aromatic rings. The fraction of sp³-hybridized carbons (Fsp3) is 0.300. The van der Waals surface area contributed by atoms with Crippen molar-refractivity contribution in [1.82, 2.24) is 0 Å². The molecule has 0 saturated carbocycles. The van der Waals surface area contributed by atoms with Crippen LogP contribution in [0, 0.1) is 0 Å². The second-order valence-corrected chi connectivity index (χ2v) is 11.7. The summed E-state index contributed by atoms with van der Waals surface area (Å²) in [6, 6.07) is 21.0. The largest absolute Gasteiger partial charge is 0.397 e. The molecule has 0 aromatic heterocycles. The highest BCUT2D eigenvalue weighted by Gasteiger charge is 2.53. The van der Waals surface area contributed by atoms with Gasteiger partial charge >= 0.3 is 7.63 Å². The van der Waals surface area contributed by atoms with Gasteiger partial charge in [-0.1, -0.05) is 72.8 Å². The van der Waals surface area contributed by atoms with Gasteiger partial charge < -0.3 is 4.43 Å². The Morgan fingerprint density at radius 3 is 1.52 bits per heavy atom. The minimum atomic E-state index is -2.60. The van der Waals surface area contributed by atoms with Gasteiger partial charge in [0.25, 0.3) is 0 Å². The maximum absolute atomic E-state index is 7.31. The Hall–Kier alpha value is -1.35. The standard InChI is InChI=1S/C20H23ClOSi/c1-20(2,3)22-23(21)18(16-10-6-4-7-11-16)14-15-19(23)17-12-8-5-9-13-17/h4-15,18-19H,1-3H3/t18-,19+,23?. The van der Waals surface area contributed by atoms with Gasteiger partial charge in [-0.25, -0.2) is 0 Å². The lowest BCUT2D eigenvalue weighted by Crippen LogP contribution is -2.47. The van der Waals surface area contributed by atoms with Crippen molar-refractivity contribution in [2.45, 2.75) is 37.5 Å². The Labute approximate surface area is 144 Å². The lowest BCUT2D eigenvalue weighted by atomic mass is 10.1. The fourth-order valence-electron chi connectivity index (χ4n) is 3.27. The Morgan fingerprint density at radius 1 is 0.783 bits per heavy atom. The van der Waals surface area contributed by atoms with E-state index in [0.717, 1.165) is 0 Å². The van der Waals surface area contributed by atoms with E-state index in [1.54, 1.807) is 0 Å². The van der Waals surface area contributed by atoms with Crippen LogP contribution in [0.3, 0.4) is 0 Å². The van der Waals surface area contributed by atoms with Gasteiger partial charge in [-0.2, -0.15) is 0 Å². The third-order valence-corrected chi connectivity index (χ3v) is 9.44. The minimum Gasteiger partial charge on any atom is -0.397 e. The highest BCUT2D eigenvalue weighted by Crippen LogP contribution is 2.49. The van der Waals surface area contributed by atoms with Gasteiger partial charge in [0, 0.05) is 16.7 Å². The van der Waals surface area contributed by atoms with E-state index in [9.17, 15) is 0 Å². The van der Waals surface area contributed by atoms with E-state index in [1.165, 1.54) is 11.1 Å². The van der Waals surface area contributed by atoms with E-state index in [-0.39, 0.29) is 16.7 Å². The van der Waals surface area contributed by atoms with Gasteiger partial charge in [-0.3, -0.25) is 0 Å². The normalized spacial score (nSPS) is 27.3. The summed E-state index contributed by atoms with van der Waals surface area (Å²) in [6.45, 7) is 6.27. The van der Waals surface area contributed by atoms with E-state index in [0.29, 0.717) is 0 Å². The van der Waals surface area contributed by atoms with Gasteiger partial charge in [0.1, 0.15) is 0 Å². The number of hydrogen-bond donors (Lipinski definition) is 0. The lowest BCUT2D eigenvalue weighted by molar-refractivity contribution is 0.120. The van der Waals surface area contributed by atoms with Crippen molar-refractivity contribution in [3.63, 3.8) is 0 Å². The Balaban J connectivity index is 2.03. The van der Waals surface area contributed by atoms with Crippen LogP contribution in [-0.2, 0) is 4.43 Å². The van der Waals surface area contributed by atoms with Gasteiger partial charge in [0.05, 0.1) is 0 Å². The summed E-state index contributed by atoms with van der Waals surface area (Å²) < 4.78 is 6.56. The second kappa shape index (κ2) is 6.27. The maximum Gasteiger partial charge on any atom is 0.312 e. The molecule has 23 heavy (non-hydrogen) atoms. The zero-order valence-corrected chi connectivity index (χ0v) is 15.6. The molecule has 1 unspecified atom stereocenters. The first-order chi connectivity index (χ1) is 10.9. The van der Waals surface area contributed by atoms with E-state index in [2.05, 4.69) is 81.5 Å². The molecule has 0 saturated heterocycles. The summed E-state index contributed by atoms with van der Waals surface area (Å²) in [7, 11) is -2.60. The van der Waals surface area contributed by atoms with E-state index >= 15 is 0 Å². The molecule has 0 bridgehead atoms. The first-order valence-corrected chi connectivity index (χ1v) is 11.1. The Morgan fingerprint density at radius 2 is 1.17 bits per heavy atom. The van der Waals surface area contributed by atoms with Crippen molar-refractivity contribution in [2.75, 3.05) is 0 Å². The van der Waals surface area contributed by atoms with Crippen molar-refractivity contribution in [2.24, 2.45) is 0 Å².